The Labute approximate surface area is 126 Å². The summed E-state index contributed by atoms with van der Waals surface area (Å²) in [5.41, 5.74) is 2.23. The minimum atomic E-state index is -0.485. The van der Waals surface area contributed by atoms with Gasteiger partial charge >= 0.3 is 0 Å². The summed E-state index contributed by atoms with van der Waals surface area (Å²) < 4.78 is 0. The van der Waals surface area contributed by atoms with Gasteiger partial charge in [-0.2, -0.15) is 0 Å². The van der Waals surface area contributed by atoms with Crippen molar-refractivity contribution in [3.8, 4) is 0 Å². The first-order chi connectivity index (χ1) is 10.2. The Balaban J connectivity index is 1.52. The second kappa shape index (κ2) is 6.61. The molecule has 0 bridgehead atoms. The van der Waals surface area contributed by atoms with Crippen molar-refractivity contribution in [3.63, 3.8) is 0 Å². The van der Waals surface area contributed by atoms with Gasteiger partial charge in [-0.1, -0.05) is 56.4 Å². The van der Waals surface area contributed by atoms with Gasteiger partial charge in [0.15, 0.2) is 0 Å². The van der Waals surface area contributed by atoms with Crippen LogP contribution in [0.4, 0.5) is 0 Å². The SMILES string of the molecule is O=C(CCC1CCCCC1)NC1c2ccccc2CC1O. The van der Waals surface area contributed by atoms with E-state index in [1.807, 2.05) is 24.3 Å². The van der Waals surface area contributed by atoms with Crippen molar-refractivity contribution < 1.29 is 9.90 Å². The molecular weight excluding hydrogens is 262 g/mol. The molecule has 3 rings (SSSR count). The quantitative estimate of drug-likeness (QED) is 0.894. The van der Waals surface area contributed by atoms with Crippen LogP contribution in [0.25, 0.3) is 0 Å². The summed E-state index contributed by atoms with van der Waals surface area (Å²) in [4.78, 5) is 12.2. The van der Waals surface area contributed by atoms with Crippen molar-refractivity contribution in [1.82, 2.24) is 5.32 Å². The fourth-order valence-electron chi connectivity index (χ4n) is 3.80. The van der Waals surface area contributed by atoms with Crippen LogP contribution in [0.15, 0.2) is 24.3 Å². The molecule has 1 fully saturated rings. The maximum atomic E-state index is 12.2. The van der Waals surface area contributed by atoms with Crippen LogP contribution >= 0.6 is 0 Å². The highest BCUT2D eigenvalue weighted by Gasteiger charge is 2.31. The van der Waals surface area contributed by atoms with Crippen LogP contribution in [0.1, 0.15) is 62.1 Å². The Morgan fingerprint density at radius 1 is 1.19 bits per heavy atom. The Kier molecular flexibility index (Phi) is 4.59. The summed E-state index contributed by atoms with van der Waals surface area (Å²) >= 11 is 0. The predicted molar refractivity (Wildman–Crippen MR) is 82.8 cm³/mol. The Morgan fingerprint density at radius 3 is 2.76 bits per heavy atom. The predicted octanol–water partition coefficient (Wildman–Crippen LogP) is 3.12. The molecule has 1 aromatic carbocycles. The van der Waals surface area contributed by atoms with Crippen LogP contribution < -0.4 is 5.32 Å². The third-order valence-electron chi connectivity index (χ3n) is 5.02. The molecule has 0 spiro atoms. The maximum Gasteiger partial charge on any atom is 0.220 e. The molecule has 0 saturated heterocycles. The minimum Gasteiger partial charge on any atom is -0.390 e. The van der Waals surface area contributed by atoms with Crippen LogP contribution in [-0.4, -0.2) is 17.1 Å². The van der Waals surface area contributed by atoms with E-state index in [-0.39, 0.29) is 11.9 Å². The Bertz CT molecular complexity index is 494. The Hall–Kier alpha value is -1.35. The molecule has 2 unspecified atom stereocenters. The molecule has 1 aromatic rings. The van der Waals surface area contributed by atoms with Gasteiger partial charge in [-0.3, -0.25) is 4.79 Å². The highest BCUT2D eigenvalue weighted by Crippen LogP contribution is 2.32. The number of aliphatic hydroxyl groups is 1. The Morgan fingerprint density at radius 2 is 1.95 bits per heavy atom. The summed E-state index contributed by atoms with van der Waals surface area (Å²) in [5.74, 6) is 0.812. The molecule has 2 aliphatic carbocycles. The second-order valence-corrected chi connectivity index (χ2v) is 6.56. The zero-order valence-electron chi connectivity index (χ0n) is 12.6. The fraction of sp³-hybridized carbons (Fsp3) is 0.611. The van der Waals surface area contributed by atoms with Gasteiger partial charge in [0.2, 0.25) is 5.91 Å². The lowest BCUT2D eigenvalue weighted by Crippen LogP contribution is -2.34. The average Bonchev–Trinajstić information content (AvgIpc) is 2.82. The summed E-state index contributed by atoms with van der Waals surface area (Å²) in [7, 11) is 0. The molecule has 1 saturated carbocycles. The van der Waals surface area contributed by atoms with Crippen molar-refractivity contribution in [1.29, 1.82) is 0 Å². The normalized spacial score (nSPS) is 25.6. The molecular formula is C18H25NO2. The number of fused-ring (bicyclic) bond motifs is 1. The zero-order chi connectivity index (χ0) is 14.7. The maximum absolute atomic E-state index is 12.2. The van der Waals surface area contributed by atoms with E-state index in [4.69, 9.17) is 0 Å². The standard InChI is InChI=1S/C18H25NO2/c20-16-12-14-8-4-5-9-15(14)18(16)19-17(21)11-10-13-6-2-1-3-7-13/h4-5,8-9,13,16,18,20H,1-3,6-7,10-12H2,(H,19,21). The zero-order valence-corrected chi connectivity index (χ0v) is 12.6. The van der Waals surface area contributed by atoms with E-state index < -0.39 is 6.10 Å². The number of benzene rings is 1. The van der Waals surface area contributed by atoms with Crippen molar-refractivity contribution in [3.05, 3.63) is 35.4 Å². The van der Waals surface area contributed by atoms with Gasteiger partial charge in [0.25, 0.3) is 0 Å². The highest BCUT2D eigenvalue weighted by atomic mass is 16.3. The van der Waals surface area contributed by atoms with Gasteiger partial charge in [-0.15, -0.1) is 0 Å². The van der Waals surface area contributed by atoms with Crippen LogP contribution in [0.2, 0.25) is 0 Å². The number of rotatable bonds is 4. The van der Waals surface area contributed by atoms with Gasteiger partial charge in [0, 0.05) is 12.8 Å². The minimum absolute atomic E-state index is 0.0846. The van der Waals surface area contributed by atoms with Gasteiger partial charge < -0.3 is 10.4 Å². The topological polar surface area (TPSA) is 49.3 Å². The molecule has 1 amide bonds. The number of nitrogens with one attached hydrogen (secondary N) is 1. The lowest BCUT2D eigenvalue weighted by molar-refractivity contribution is -0.123. The molecule has 0 aliphatic heterocycles. The van der Waals surface area contributed by atoms with Gasteiger partial charge in [-0.25, -0.2) is 0 Å². The molecule has 3 heteroatoms. The highest BCUT2D eigenvalue weighted by molar-refractivity contribution is 5.76. The van der Waals surface area contributed by atoms with Crippen LogP contribution in [0.3, 0.4) is 0 Å². The summed E-state index contributed by atoms with van der Waals surface area (Å²) in [6.45, 7) is 0. The largest absolute Gasteiger partial charge is 0.390 e. The molecule has 2 aliphatic rings. The number of aliphatic hydroxyl groups excluding tert-OH is 1. The van der Waals surface area contributed by atoms with E-state index in [9.17, 15) is 9.90 Å². The first-order valence-corrected chi connectivity index (χ1v) is 8.29. The summed E-state index contributed by atoms with van der Waals surface area (Å²) in [5, 5.41) is 13.2. The number of hydrogen-bond acceptors (Lipinski definition) is 2. The van der Waals surface area contributed by atoms with E-state index in [2.05, 4.69) is 5.32 Å². The van der Waals surface area contributed by atoms with E-state index in [0.29, 0.717) is 12.8 Å². The first kappa shape index (κ1) is 14.6. The van der Waals surface area contributed by atoms with Crippen LogP contribution in [-0.2, 0) is 11.2 Å². The van der Waals surface area contributed by atoms with Crippen molar-refractivity contribution in [2.24, 2.45) is 5.92 Å². The number of carbonyl (C=O) groups excluding carboxylic acids is 1. The summed E-state index contributed by atoms with van der Waals surface area (Å²) in [6, 6.07) is 7.78. The lowest BCUT2D eigenvalue weighted by Gasteiger charge is -2.22. The van der Waals surface area contributed by atoms with E-state index in [0.717, 1.165) is 23.5 Å². The molecule has 3 nitrogen and oxygen atoms in total. The fourth-order valence-corrected chi connectivity index (χ4v) is 3.80. The molecule has 0 heterocycles. The molecule has 0 radical (unpaired) electrons. The van der Waals surface area contributed by atoms with Gasteiger partial charge in [0.05, 0.1) is 12.1 Å². The third kappa shape index (κ3) is 3.46. The van der Waals surface area contributed by atoms with E-state index >= 15 is 0 Å². The molecule has 2 N–H and O–H groups in total. The van der Waals surface area contributed by atoms with E-state index in [1.165, 1.54) is 32.1 Å². The number of carbonyl (C=O) groups is 1. The number of hydrogen-bond donors (Lipinski definition) is 2. The van der Waals surface area contributed by atoms with Gasteiger partial charge in [0.1, 0.15) is 0 Å². The lowest BCUT2D eigenvalue weighted by atomic mass is 9.86. The molecule has 0 aromatic heterocycles. The van der Waals surface area contributed by atoms with E-state index in [1.54, 1.807) is 0 Å². The first-order valence-electron chi connectivity index (χ1n) is 8.29. The van der Waals surface area contributed by atoms with Crippen molar-refractivity contribution in [2.45, 2.75) is 63.5 Å². The molecule has 2 atom stereocenters. The monoisotopic (exact) mass is 287 g/mol. The second-order valence-electron chi connectivity index (χ2n) is 6.56. The average molecular weight is 287 g/mol. The van der Waals surface area contributed by atoms with Crippen LogP contribution in [0, 0.1) is 5.92 Å². The van der Waals surface area contributed by atoms with Crippen molar-refractivity contribution >= 4 is 5.91 Å². The van der Waals surface area contributed by atoms with Gasteiger partial charge in [-0.05, 0) is 23.5 Å². The van der Waals surface area contributed by atoms with Crippen molar-refractivity contribution in [2.75, 3.05) is 0 Å². The smallest absolute Gasteiger partial charge is 0.220 e. The number of amides is 1. The third-order valence-corrected chi connectivity index (χ3v) is 5.02. The van der Waals surface area contributed by atoms with Crippen LogP contribution in [0.5, 0.6) is 0 Å². The molecule has 114 valence electrons. The molecule has 21 heavy (non-hydrogen) atoms. The summed E-state index contributed by atoms with van der Waals surface area (Å²) in [6.07, 6.45) is 8.30.